The number of aliphatic imine (C=N–C) groups is 1. The third-order valence-corrected chi connectivity index (χ3v) is 13.2. The Morgan fingerprint density at radius 1 is 0.849 bits per heavy atom. The van der Waals surface area contributed by atoms with Crippen LogP contribution in [0.2, 0.25) is 10.0 Å². The maximum atomic E-state index is 14.6. The van der Waals surface area contributed by atoms with E-state index in [-0.39, 0.29) is 57.2 Å². The average Bonchev–Trinajstić information content (AvgIpc) is 4.13. The van der Waals surface area contributed by atoms with Crippen molar-refractivity contribution < 1.29 is 53.4 Å². The molecule has 0 bridgehead atoms. The predicted molar refractivity (Wildman–Crippen MR) is 258 cm³/mol. The molecule has 2 aromatic carbocycles. The van der Waals surface area contributed by atoms with Crippen LogP contribution < -0.4 is 15.4 Å². The molecule has 0 unspecified atom stereocenters. The zero-order valence-corrected chi connectivity index (χ0v) is 42.6. The van der Waals surface area contributed by atoms with Crippen molar-refractivity contribution in [2.24, 2.45) is 4.99 Å². The molecule has 7 rings (SSSR count). The molecule has 2 saturated carbocycles. The van der Waals surface area contributed by atoms with Gasteiger partial charge in [0, 0.05) is 36.5 Å². The van der Waals surface area contributed by atoms with Crippen molar-refractivity contribution in [3.05, 3.63) is 140 Å². The number of amides is 2. The number of nitrogens with one attached hydrogen (secondary N) is 3. The fraction of sp³-hybridized carbons (Fsp3) is 0.449. The van der Waals surface area contributed by atoms with Gasteiger partial charge in [0.15, 0.2) is 5.82 Å². The summed E-state index contributed by atoms with van der Waals surface area (Å²) in [6.07, 6.45) is 2.39. The van der Waals surface area contributed by atoms with Crippen molar-refractivity contribution >= 4 is 46.3 Å². The van der Waals surface area contributed by atoms with Gasteiger partial charge in [0.25, 0.3) is 0 Å². The van der Waals surface area contributed by atoms with Crippen molar-refractivity contribution in [3.63, 3.8) is 0 Å². The first-order valence-corrected chi connectivity index (χ1v) is 24.6. The Morgan fingerprint density at radius 3 is 1.89 bits per heavy atom. The zero-order valence-electron chi connectivity index (χ0n) is 40.2. The number of aromatic nitrogens is 4. The second kappa shape index (κ2) is 26.9. The maximum Gasteiger partial charge on any atom is 0.416 e. The number of carbonyl (C=O) groups is 1. The van der Waals surface area contributed by atoms with Gasteiger partial charge in [-0.05, 0) is 132 Å². The van der Waals surface area contributed by atoms with Crippen molar-refractivity contribution in [3.8, 4) is 6.07 Å². The summed E-state index contributed by atoms with van der Waals surface area (Å²) in [4.78, 5) is 38.8. The van der Waals surface area contributed by atoms with E-state index in [0.717, 1.165) is 62.8 Å². The maximum absolute atomic E-state index is 14.6. The molecule has 5 aromatic rings. The third kappa shape index (κ3) is 18.5. The summed E-state index contributed by atoms with van der Waals surface area (Å²) in [5.74, 6) is -2.62. The number of nitriles is 1. The molecule has 0 saturated heterocycles. The van der Waals surface area contributed by atoms with E-state index in [1.165, 1.54) is 49.5 Å². The molecule has 24 heteroatoms. The predicted octanol–water partition coefficient (Wildman–Crippen LogP) is 12.2. The molecule has 394 valence electrons. The Bertz CT molecular complexity index is 2700. The number of pyridine rings is 2. The molecular formula is C49H53Cl2F8N9O4S. The number of aryl methyl sites for hydroxylation is 1. The number of carbonyl (C=O) groups excluding carboxylic acids is 2. The fourth-order valence-corrected chi connectivity index (χ4v) is 8.58. The minimum absolute atomic E-state index is 0.0123. The molecule has 3 atom stereocenters. The summed E-state index contributed by atoms with van der Waals surface area (Å²) in [5, 5.41) is 18.8. The van der Waals surface area contributed by atoms with Crippen LogP contribution in [0.25, 0.3) is 0 Å². The number of benzene rings is 2. The van der Waals surface area contributed by atoms with E-state index >= 15 is 0 Å². The van der Waals surface area contributed by atoms with Crippen LogP contribution in [0.3, 0.4) is 0 Å². The fourth-order valence-electron chi connectivity index (χ4n) is 7.74. The van der Waals surface area contributed by atoms with Crippen molar-refractivity contribution in [2.75, 3.05) is 7.05 Å². The topological polar surface area (TPSA) is 188 Å². The number of hydrogen-bond acceptors (Lipinski definition) is 10. The molecule has 0 spiro atoms. The Labute approximate surface area is 429 Å². The Hall–Kier alpha value is -5.85. The van der Waals surface area contributed by atoms with E-state index in [9.17, 15) is 48.9 Å². The van der Waals surface area contributed by atoms with E-state index in [1.807, 2.05) is 26.8 Å². The number of halogens is 10. The lowest BCUT2D eigenvalue weighted by molar-refractivity contribution is -0.138. The highest BCUT2D eigenvalue weighted by Gasteiger charge is 2.43. The van der Waals surface area contributed by atoms with Gasteiger partial charge in [-0.3, -0.25) is 9.97 Å². The summed E-state index contributed by atoms with van der Waals surface area (Å²) < 4.78 is 126. The standard InChI is InChI=1S/C23H22ClF4N5O2.C15H9ClF4N2.C6H9NO.C5H13NOS/c1-13-30-20(35-33-13)11-22(19-7-6-16(24)12-29-19,32-21(34)31-18-4-2-3-5-18)14-8-15(23(26,27)28)10-17(25)9-14;16-11-1-2-14(22-8-11)13(3-4-21)9-5-10(15(18,19)20)7-12(17)6-9;8-5-7-6-3-1-2-4-6;1-5(2,3)8(7)6-4/h6-10,12,18H,2-5,11H2,1H3,(H2,31,32,34);1-2,5-8,13H,3H2;6H,1-4H2;6H,1-4H3/t22-;13-;;8-/m10.0/s1. The van der Waals surface area contributed by atoms with Crippen LogP contribution in [0.4, 0.5) is 39.9 Å². The molecule has 0 aliphatic heterocycles. The second-order valence-electron chi connectivity index (χ2n) is 17.8. The Balaban J connectivity index is 0.000000256. The van der Waals surface area contributed by atoms with Gasteiger partial charge in [-0.25, -0.2) is 32.3 Å². The summed E-state index contributed by atoms with van der Waals surface area (Å²) in [6.45, 7) is 7.36. The first-order valence-electron chi connectivity index (χ1n) is 22.7. The van der Waals surface area contributed by atoms with Gasteiger partial charge >= 0.3 is 18.4 Å². The van der Waals surface area contributed by atoms with Gasteiger partial charge in [0.05, 0.1) is 61.1 Å². The molecule has 2 amide bonds. The monoisotopic (exact) mass is 1090 g/mol. The molecule has 2 fully saturated rings. The average molecular weight is 1090 g/mol. The largest absolute Gasteiger partial charge is 0.416 e. The zero-order chi connectivity index (χ0) is 54.1. The van der Waals surface area contributed by atoms with Crippen LogP contribution in [-0.4, -0.2) is 60.3 Å². The van der Waals surface area contributed by atoms with Crippen LogP contribution in [0.5, 0.6) is 0 Å². The van der Waals surface area contributed by atoms with Gasteiger partial charge in [-0.2, -0.15) is 36.6 Å². The van der Waals surface area contributed by atoms with Crippen LogP contribution >= 0.6 is 23.2 Å². The number of nitrogens with zero attached hydrogens (tertiary/aromatic N) is 6. The number of hydrogen-bond donors (Lipinski definition) is 3. The molecule has 0 radical (unpaired) electrons. The summed E-state index contributed by atoms with van der Waals surface area (Å²) in [6, 6.07) is 11.7. The van der Waals surface area contributed by atoms with E-state index in [2.05, 4.69) is 40.5 Å². The number of isocyanates is 1. The van der Waals surface area contributed by atoms with Crippen LogP contribution in [0.1, 0.15) is 130 Å². The highest BCUT2D eigenvalue weighted by molar-refractivity contribution is 7.84. The molecule has 3 N–H and O–H groups in total. The highest BCUT2D eigenvalue weighted by atomic mass is 35.5. The van der Waals surface area contributed by atoms with Crippen molar-refractivity contribution in [1.29, 1.82) is 5.26 Å². The molecule has 13 nitrogen and oxygen atoms in total. The lowest BCUT2D eigenvalue weighted by Gasteiger charge is -2.35. The summed E-state index contributed by atoms with van der Waals surface area (Å²) >= 11 is 11.7. The smallest absolute Gasteiger partial charge is 0.339 e. The number of alkyl halides is 6. The van der Waals surface area contributed by atoms with Crippen molar-refractivity contribution in [1.82, 2.24) is 35.5 Å². The van der Waals surface area contributed by atoms with E-state index < -0.39 is 63.6 Å². The quantitative estimate of drug-likeness (QED) is 0.0657. The van der Waals surface area contributed by atoms with E-state index in [0.29, 0.717) is 28.9 Å². The minimum atomic E-state index is -4.83. The first kappa shape index (κ1) is 59.7. The van der Waals surface area contributed by atoms with Gasteiger partial charge in [0.1, 0.15) is 17.2 Å². The SMILES string of the molecule is CN[S@@](=O)C(C)(C)C.Cc1noc(C[C@@](NC(=O)NC2CCCC2)(c2cc(F)cc(C(F)(F)F)c2)c2ccc(Cl)cn2)n1.N#CC[C@@H](c1cc(F)cc(C(F)(F)F)c1)c1ccc(Cl)cn1.O=C=NC1CCCC1. The Kier molecular flexibility index (Phi) is 22.0. The van der Waals surface area contributed by atoms with Gasteiger partial charge in [0.2, 0.25) is 12.0 Å². The van der Waals surface area contributed by atoms with Gasteiger partial charge in [-0.1, -0.05) is 54.0 Å². The molecule has 3 aromatic heterocycles. The number of rotatable bonds is 11. The minimum Gasteiger partial charge on any atom is -0.339 e. The lowest BCUT2D eigenvalue weighted by atomic mass is 9.82. The molecule has 2 aliphatic rings. The van der Waals surface area contributed by atoms with Gasteiger partial charge < -0.3 is 15.2 Å². The lowest BCUT2D eigenvalue weighted by Crippen LogP contribution is -2.54. The molecule has 2 aliphatic carbocycles. The number of urea groups is 1. The van der Waals surface area contributed by atoms with Crippen LogP contribution in [-0.2, 0) is 40.1 Å². The van der Waals surface area contributed by atoms with E-state index in [4.69, 9.17) is 33.0 Å². The van der Waals surface area contributed by atoms with Crippen molar-refractivity contribution in [2.45, 2.75) is 133 Å². The normalized spacial score (nSPS) is 15.6. The molecular weight excluding hydrogens is 1030 g/mol. The van der Waals surface area contributed by atoms with Crippen LogP contribution in [0, 0.1) is 29.9 Å². The van der Waals surface area contributed by atoms with Gasteiger partial charge in [-0.15, -0.1) is 0 Å². The molecule has 3 heterocycles. The summed E-state index contributed by atoms with van der Waals surface area (Å²) in [5.41, 5.74) is -3.80. The first-order chi connectivity index (χ1) is 34.3. The Morgan fingerprint density at radius 2 is 1.41 bits per heavy atom. The third-order valence-electron chi connectivity index (χ3n) is 11.2. The molecule has 73 heavy (non-hydrogen) atoms. The highest BCUT2D eigenvalue weighted by Crippen LogP contribution is 2.39. The van der Waals surface area contributed by atoms with Crippen LogP contribution in [0.15, 0.2) is 82.6 Å². The second-order valence-corrected chi connectivity index (χ2v) is 20.9. The van der Waals surface area contributed by atoms with E-state index in [1.54, 1.807) is 20.1 Å². The summed E-state index contributed by atoms with van der Waals surface area (Å²) in [7, 11) is 0.802.